The van der Waals surface area contributed by atoms with Crippen molar-refractivity contribution in [2.45, 2.75) is 44.4 Å². The number of rotatable bonds is 6. The maximum Gasteiger partial charge on any atom is 0.407 e. The number of nitrogens with one attached hydrogen (secondary N) is 1. The van der Waals surface area contributed by atoms with Crippen molar-refractivity contribution >= 4 is 12.1 Å². The van der Waals surface area contributed by atoms with E-state index < -0.39 is 12.1 Å². The second-order valence-electron chi connectivity index (χ2n) is 5.97. The van der Waals surface area contributed by atoms with Crippen LogP contribution in [0.15, 0.2) is 30.3 Å². The average Bonchev–Trinajstić information content (AvgIpc) is 2.54. The van der Waals surface area contributed by atoms with E-state index in [1.165, 1.54) is 0 Å². The van der Waals surface area contributed by atoms with Crippen LogP contribution in [0.1, 0.15) is 31.2 Å². The number of amides is 1. The molecule has 1 aromatic carbocycles. The molecule has 6 heteroatoms. The lowest BCUT2D eigenvalue weighted by atomic mass is 9.89. The van der Waals surface area contributed by atoms with Crippen molar-refractivity contribution in [1.82, 2.24) is 10.2 Å². The molecule has 6 nitrogen and oxygen atoms in total. The Balaban J connectivity index is 1.85. The van der Waals surface area contributed by atoms with Crippen LogP contribution < -0.4 is 5.32 Å². The Kier molecular flexibility index (Phi) is 6.40. The van der Waals surface area contributed by atoms with Crippen LogP contribution in [-0.2, 0) is 16.1 Å². The lowest BCUT2D eigenvalue weighted by molar-refractivity contribution is -0.138. The molecule has 0 saturated heterocycles. The average molecular weight is 320 g/mol. The molecule has 1 fully saturated rings. The topological polar surface area (TPSA) is 78.9 Å². The number of nitrogens with zero attached hydrogens (tertiary/aromatic N) is 1. The van der Waals surface area contributed by atoms with E-state index in [1.807, 2.05) is 30.3 Å². The van der Waals surface area contributed by atoms with Gasteiger partial charge in [0.1, 0.15) is 6.61 Å². The van der Waals surface area contributed by atoms with Crippen molar-refractivity contribution < 1.29 is 19.4 Å². The Hall–Kier alpha value is -2.08. The van der Waals surface area contributed by atoms with Gasteiger partial charge in [-0.3, -0.25) is 9.69 Å². The fraction of sp³-hybridized carbons (Fsp3) is 0.529. The minimum absolute atomic E-state index is 0.0259. The number of likely N-dealkylation sites (N-methyl/N-ethyl adjacent to an activating group) is 1. The van der Waals surface area contributed by atoms with Gasteiger partial charge >= 0.3 is 12.1 Å². The number of ether oxygens (including phenoxy) is 1. The number of alkyl carbamates (subject to hydrolysis) is 1. The highest BCUT2D eigenvalue weighted by atomic mass is 16.5. The molecule has 1 aliphatic carbocycles. The molecule has 0 aliphatic heterocycles. The maximum absolute atomic E-state index is 12.0. The van der Waals surface area contributed by atoms with Gasteiger partial charge in [-0.1, -0.05) is 43.2 Å². The molecule has 1 aromatic rings. The molecule has 126 valence electrons. The number of hydrogen-bond acceptors (Lipinski definition) is 4. The van der Waals surface area contributed by atoms with E-state index in [4.69, 9.17) is 9.84 Å². The molecule has 2 rings (SSSR count). The van der Waals surface area contributed by atoms with Gasteiger partial charge in [0, 0.05) is 12.1 Å². The number of benzene rings is 1. The molecule has 0 aromatic heterocycles. The predicted octanol–water partition coefficient (Wildman–Crippen LogP) is 2.24. The number of aliphatic carboxylic acids is 1. The van der Waals surface area contributed by atoms with E-state index in [2.05, 4.69) is 5.32 Å². The Morgan fingerprint density at radius 3 is 2.65 bits per heavy atom. The summed E-state index contributed by atoms with van der Waals surface area (Å²) in [6.07, 6.45) is 3.35. The van der Waals surface area contributed by atoms with Gasteiger partial charge in [0.2, 0.25) is 0 Å². The van der Waals surface area contributed by atoms with Gasteiger partial charge in [-0.05, 0) is 25.5 Å². The lowest BCUT2D eigenvalue weighted by Gasteiger charge is -2.37. The summed E-state index contributed by atoms with van der Waals surface area (Å²) in [6.45, 7) is 0.205. The zero-order valence-electron chi connectivity index (χ0n) is 13.4. The first-order chi connectivity index (χ1) is 11.1. The van der Waals surface area contributed by atoms with E-state index in [0.29, 0.717) is 0 Å². The van der Waals surface area contributed by atoms with Crippen molar-refractivity contribution in [3.63, 3.8) is 0 Å². The largest absolute Gasteiger partial charge is 0.480 e. The molecule has 1 aliphatic rings. The monoisotopic (exact) mass is 320 g/mol. The van der Waals surface area contributed by atoms with Crippen molar-refractivity contribution in [2.75, 3.05) is 13.6 Å². The normalized spacial score (nSPS) is 21.0. The van der Waals surface area contributed by atoms with Crippen molar-refractivity contribution in [3.05, 3.63) is 35.9 Å². The lowest BCUT2D eigenvalue weighted by Crippen LogP contribution is -2.53. The second-order valence-corrected chi connectivity index (χ2v) is 5.97. The van der Waals surface area contributed by atoms with Gasteiger partial charge in [-0.25, -0.2) is 4.79 Å². The van der Waals surface area contributed by atoms with E-state index >= 15 is 0 Å². The summed E-state index contributed by atoms with van der Waals surface area (Å²) in [5, 5.41) is 11.8. The van der Waals surface area contributed by atoms with Crippen LogP contribution in [0.2, 0.25) is 0 Å². The van der Waals surface area contributed by atoms with Gasteiger partial charge in [-0.15, -0.1) is 0 Å². The molecule has 2 N–H and O–H groups in total. The molecule has 23 heavy (non-hydrogen) atoms. The van der Waals surface area contributed by atoms with Gasteiger partial charge in [0.15, 0.2) is 0 Å². The van der Waals surface area contributed by atoms with Crippen LogP contribution in [0.3, 0.4) is 0 Å². The molecule has 0 unspecified atom stereocenters. The van der Waals surface area contributed by atoms with E-state index in [9.17, 15) is 9.59 Å². The molecule has 0 bridgehead atoms. The molecule has 1 amide bonds. The van der Waals surface area contributed by atoms with Gasteiger partial charge < -0.3 is 15.2 Å². The summed E-state index contributed by atoms with van der Waals surface area (Å²) in [5.41, 5.74) is 0.936. The predicted molar refractivity (Wildman–Crippen MR) is 86.1 cm³/mol. The molecular weight excluding hydrogens is 296 g/mol. The molecule has 0 heterocycles. The third kappa shape index (κ3) is 5.56. The quantitative estimate of drug-likeness (QED) is 0.840. The fourth-order valence-electron chi connectivity index (χ4n) is 3.05. The first-order valence-electron chi connectivity index (χ1n) is 7.95. The third-order valence-electron chi connectivity index (χ3n) is 4.20. The highest BCUT2D eigenvalue weighted by Gasteiger charge is 2.30. The van der Waals surface area contributed by atoms with Crippen LogP contribution in [0.5, 0.6) is 0 Å². The SMILES string of the molecule is CN(CC(=O)O)[C@@H]1CCCC[C@@H]1NC(=O)OCc1ccccc1. The Bertz CT molecular complexity index is 521. The summed E-state index contributed by atoms with van der Waals surface area (Å²) in [6, 6.07) is 9.47. The Morgan fingerprint density at radius 2 is 1.96 bits per heavy atom. The smallest absolute Gasteiger partial charge is 0.407 e. The molecule has 0 radical (unpaired) electrons. The van der Waals surface area contributed by atoms with Crippen molar-refractivity contribution in [2.24, 2.45) is 0 Å². The first-order valence-corrected chi connectivity index (χ1v) is 7.95. The zero-order valence-corrected chi connectivity index (χ0v) is 13.4. The third-order valence-corrected chi connectivity index (χ3v) is 4.20. The molecular formula is C17H24N2O4. The summed E-state index contributed by atoms with van der Waals surface area (Å²) in [7, 11) is 1.79. The summed E-state index contributed by atoms with van der Waals surface area (Å²) < 4.78 is 5.26. The Morgan fingerprint density at radius 1 is 1.26 bits per heavy atom. The maximum atomic E-state index is 12.0. The highest BCUT2D eigenvalue weighted by molar-refractivity contribution is 5.69. The van der Waals surface area contributed by atoms with Crippen LogP contribution >= 0.6 is 0 Å². The fourth-order valence-corrected chi connectivity index (χ4v) is 3.05. The minimum Gasteiger partial charge on any atom is -0.480 e. The summed E-state index contributed by atoms with van der Waals surface area (Å²) >= 11 is 0. The second kappa shape index (κ2) is 8.53. The number of carbonyl (C=O) groups excluding carboxylic acids is 1. The van der Waals surface area contributed by atoms with Gasteiger partial charge in [-0.2, -0.15) is 0 Å². The van der Waals surface area contributed by atoms with E-state index in [-0.39, 0.29) is 25.2 Å². The molecule has 0 spiro atoms. The van der Waals surface area contributed by atoms with Crippen molar-refractivity contribution in [3.8, 4) is 0 Å². The minimum atomic E-state index is -0.858. The standard InChI is InChI=1S/C17H24N2O4/c1-19(11-16(20)21)15-10-6-5-9-14(15)18-17(22)23-12-13-7-3-2-4-8-13/h2-4,7-8,14-15H,5-6,9-12H2,1H3,(H,18,22)(H,20,21)/t14-,15+/m0/s1. The summed E-state index contributed by atoms with van der Waals surface area (Å²) in [4.78, 5) is 24.7. The first kappa shape index (κ1) is 17.3. The van der Waals surface area contributed by atoms with Crippen LogP contribution in [0.25, 0.3) is 0 Å². The van der Waals surface area contributed by atoms with Gasteiger partial charge in [0.25, 0.3) is 0 Å². The Labute approximate surface area is 136 Å². The van der Waals surface area contributed by atoms with Gasteiger partial charge in [0.05, 0.1) is 6.54 Å². The molecule has 2 atom stereocenters. The number of carboxylic acids is 1. The number of hydrogen-bond donors (Lipinski definition) is 2. The van der Waals surface area contributed by atoms with E-state index in [1.54, 1.807) is 11.9 Å². The number of carboxylic acid groups (broad SMARTS) is 1. The van der Waals surface area contributed by atoms with Crippen LogP contribution in [-0.4, -0.2) is 47.7 Å². The van der Waals surface area contributed by atoms with Crippen LogP contribution in [0.4, 0.5) is 4.79 Å². The highest BCUT2D eigenvalue weighted by Crippen LogP contribution is 2.22. The van der Waals surface area contributed by atoms with Crippen LogP contribution in [0, 0.1) is 0 Å². The van der Waals surface area contributed by atoms with E-state index in [0.717, 1.165) is 31.2 Å². The van der Waals surface area contributed by atoms with Crippen molar-refractivity contribution in [1.29, 1.82) is 0 Å². The summed E-state index contributed by atoms with van der Waals surface area (Å²) in [5.74, 6) is -0.858. The molecule has 1 saturated carbocycles. The zero-order chi connectivity index (χ0) is 16.7. The number of carbonyl (C=O) groups is 2.